The molecule has 4 heavy (non-hydrogen) atoms. The summed E-state index contributed by atoms with van der Waals surface area (Å²) in [5.41, 5.74) is 0. The topological polar surface area (TPSA) is 0 Å². The van der Waals surface area contributed by atoms with Crippen LogP contribution in [-0.2, 0) is 40.3 Å². The molecule has 0 aliphatic heterocycles. The van der Waals surface area contributed by atoms with Gasteiger partial charge in [0, 0.05) is 40.3 Å². The smallest absolute Gasteiger partial charge is 1.00 e. The van der Waals surface area contributed by atoms with E-state index in [-0.39, 0.29) is 107 Å². The fourth-order valence-corrected chi connectivity index (χ4v) is 0. The van der Waals surface area contributed by atoms with Crippen molar-refractivity contribution in [1.29, 1.82) is 0 Å². The Morgan fingerprint density at radius 2 is 1.25 bits per heavy atom. The third kappa shape index (κ3) is 9.01. The maximum Gasteiger partial charge on any atom is 2.00 e. The molecule has 0 aliphatic rings. The summed E-state index contributed by atoms with van der Waals surface area (Å²) in [5, 5.41) is 0. The SMILES string of the molecule is [Ca+2].[H-].[H-].[H-].[H-].[Mg+2].[Ti].[V]. The number of rotatable bonds is 0. The average Bonchev–Trinajstić information content (AvgIpc) is 0. The van der Waals surface area contributed by atoms with Crippen LogP contribution in [0.5, 0.6) is 0 Å². The van der Waals surface area contributed by atoms with Gasteiger partial charge in [0.15, 0.2) is 0 Å². The molecule has 0 rings (SSSR count). The summed E-state index contributed by atoms with van der Waals surface area (Å²) >= 11 is 0. The van der Waals surface area contributed by atoms with E-state index in [1.165, 1.54) is 0 Å². The maximum atomic E-state index is 0. The van der Waals surface area contributed by atoms with E-state index in [1.54, 1.807) is 0 Å². The molecule has 17 valence electrons. The molecular weight excluding hydrogens is 163 g/mol. The zero-order valence-electron chi connectivity index (χ0n) is 6.36. The summed E-state index contributed by atoms with van der Waals surface area (Å²) in [5.74, 6) is 0. The molecule has 0 atom stereocenters. The van der Waals surface area contributed by atoms with Crippen molar-refractivity contribution in [2.45, 2.75) is 0 Å². The molecule has 0 nitrogen and oxygen atoms in total. The van der Waals surface area contributed by atoms with Crippen LogP contribution < -0.4 is 0 Å². The van der Waals surface area contributed by atoms with Crippen LogP contribution in [0.1, 0.15) is 5.71 Å². The van der Waals surface area contributed by atoms with Gasteiger partial charge in [-0.15, -0.1) is 0 Å². The molecule has 0 N–H and O–H groups in total. The van der Waals surface area contributed by atoms with Gasteiger partial charge in [0.25, 0.3) is 0 Å². The first kappa shape index (κ1) is 26.5. The van der Waals surface area contributed by atoms with Crippen molar-refractivity contribution in [2.24, 2.45) is 0 Å². The number of hydrogen-bond donors (Lipinski definition) is 0. The minimum Gasteiger partial charge on any atom is -1.00 e. The summed E-state index contributed by atoms with van der Waals surface area (Å²) in [6, 6.07) is 0. The molecule has 0 saturated heterocycles. The zero-order valence-corrected chi connectivity index (χ0v) is 8.94. The Hall–Kier alpha value is 3.32. The van der Waals surface area contributed by atoms with E-state index in [0.717, 1.165) is 0 Å². The van der Waals surface area contributed by atoms with E-state index >= 15 is 0 Å². The molecule has 0 saturated carbocycles. The van der Waals surface area contributed by atoms with Crippen molar-refractivity contribution < 1.29 is 46.0 Å². The Bertz CT molecular complexity index is 16.0. The van der Waals surface area contributed by atoms with Gasteiger partial charge in [-0.2, -0.15) is 0 Å². The molecule has 0 aromatic heterocycles. The van der Waals surface area contributed by atoms with Gasteiger partial charge in [0.1, 0.15) is 0 Å². The zero-order chi connectivity index (χ0) is 0. The second-order valence-corrected chi connectivity index (χ2v) is 0. The summed E-state index contributed by atoms with van der Waals surface area (Å²) < 4.78 is 0. The summed E-state index contributed by atoms with van der Waals surface area (Å²) in [4.78, 5) is 0. The van der Waals surface area contributed by atoms with Gasteiger partial charge in [-0.1, -0.05) is 0 Å². The van der Waals surface area contributed by atoms with Gasteiger partial charge in [0.05, 0.1) is 0 Å². The van der Waals surface area contributed by atoms with Crippen molar-refractivity contribution in [1.82, 2.24) is 0 Å². The first-order chi connectivity index (χ1) is 0. The van der Waals surface area contributed by atoms with E-state index < -0.39 is 0 Å². The normalized spacial score (nSPS) is 0. The monoisotopic (exact) mass is 167 g/mol. The molecule has 0 aromatic rings. The molecule has 1 radical (unpaired) electrons. The van der Waals surface area contributed by atoms with Crippen molar-refractivity contribution in [3.63, 3.8) is 0 Å². The summed E-state index contributed by atoms with van der Waals surface area (Å²) in [7, 11) is 0. The van der Waals surface area contributed by atoms with Crippen LogP contribution in [0, 0.1) is 0 Å². The molecule has 4 heteroatoms. The van der Waals surface area contributed by atoms with Gasteiger partial charge >= 0.3 is 60.8 Å². The quantitative estimate of drug-likeness (QED) is 0.434. The molecule has 0 unspecified atom stereocenters. The first-order valence-corrected chi connectivity index (χ1v) is 0. The van der Waals surface area contributed by atoms with Crippen molar-refractivity contribution in [3.05, 3.63) is 0 Å². The maximum absolute atomic E-state index is 0. The Morgan fingerprint density at radius 3 is 1.25 bits per heavy atom. The van der Waals surface area contributed by atoms with Gasteiger partial charge in [-0.3, -0.25) is 0 Å². The molecular formula is H4CaMgTiV. The van der Waals surface area contributed by atoms with Gasteiger partial charge in [0.2, 0.25) is 0 Å². The molecule has 0 fully saturated rings. The Morgan fingerprint density at radius 1 is 1.25 bits per heavy atom. The molecule has 0 spiro atoms. The molecule has 0 amide bonds. The van der Waals surface area contributed by atoms with E-state index in [0.29, 0.717) is 0 Å². The van der Waals surface area contributed by atoms with Crippen molar-refractivity contribution in [2.75, 3.05) is 0 Å². The minimum absolute atomic E-state index is 0. The van der Waals surface area contributed by atoms with Crippen LogP contribution in [-0.4, -0.2) is 60.8 Å². The van der Waals surface area contributed by atoms with Crippen LogP contribution >= 0.6 is 0 Å². The van der Waals surface area contributed by atoms with Crippen LogP contribution in [0.15, 0.2) is 0 Å². The largest absolute Gasteiger partial charge is 2.00 e. The Kier molecular flexibility index (Phi) is 108. The van der Waals surface area contributed by atoms with Gasteiger partial charge in [-0.05, 0) is 0 Å². The molecule has 0 bridgehead atoms. The Balaban J connectivity index is 0. The third-order valence-corrected chi connectivity index (χ3v) is 0. The van der Waals surface area contributed by atoms with Crippen LogP contribution in [0.4, 0.5) is 0 Å². The minimum atomic E-state index is 0. The number of hydrogen-bond acceptors (Lipinski definition) is 0. The van der Waals surface area contributed by atoms with Gasteiger partial charge in [-0.25, -0.2) is 0 Å². The Labute approximate surface area is 105 Å². The predicted octanol–water partition coefficient (Wildman–Crippen LogP) is -0.317. The fourth-order valence-electron chi connectivity index (χ4n) is 0. The molecule has 0 heterocycles. The van der Waals surface area contributed by atoms with E-state index in [9.17, 15) is 0 Å². The second-order valence-electron chi connectivity index (χ2n) is 0. The molecule has 0 aromatic carbocycles. The first-order valence-electron chi connectivity index (χ1n) is 0. The standard InChI is InChI=1S/Ca.Mg.Ti.V.4H/q2*+2;;;4*-1. The van der Waals surface area contributed by atoms with Crippen molar-refractivity contribution in [3.8, 4) is 0 Å². The predicted molar refractivity (Wildman–Crippen MR) is 16.0 cm³/mol. The summed E-state index contributed by atoms with van der Waals surface area (Å²) in [6.45, 7) is 0. The third-order valence-electron chi connectivity index (χ3n) is 0. The average molecular weight is 167 g/mol. The van der Waals surface area contributed by atoms with Crippen molar-refractivity contribution >= 4 is 60.8 Å². The van der Waals surface area contributed by atoms with E-state index in [4.69, 9.17) is 0 Å². The van der Waals surface area contributed by atoms with Crippen LogP contribution in [0.3, 0.4) is 0 Å². The summed E-state index contributed by atoms with van der Waals surface area (Å²) in [6.07, 6.45) is 0. The molecule has 0 aliphatic carbocycles. The van der Waals surface area contributed by atoms with E-state index in [1.807, 2.05) is 0 Å². The van der Waals surface area contributed by atoms with Crippen LogP contribution in [0.2, 0.25) is 0 Å². The van der Waals surface area contributed by atoms with E-state index in [2.05, 4.69) is 0 Å². The van der Waals surface area contributed by atoms with Crippen LogP contribution in [0.25, 0.3) is 0 Å². The second kappa shape index (κ2) is 16.2. The van der Waals surface area contributed by atoms with Gasteiger partial charge < -0.3 is 5.71 Å². The fraction of sp³-hybridized carbons (Fsp3) is 0.